The van der Waals surface area contributed by atoms with Crippen molar-refractivity contribution in [1.29, 1.82) is 0 Å². The predicted octanol–water partition coefficient (Wildman–Crippen LogP) is 0.0473. The molecule has 2 amide bonds. The highest BCUT2D eigenvalue weighted by Gasteiger charge is 2.44. The lowest BCUT2D eigenvalue weighted by Gasteiger charge is -2.33. The molecule has 13 nitrogen and oxygen atoms in total. The fraction of sp³-hybridized carbons (Fsp3) is 0.704. The zero-order chi connectivity index (χ0) is 29.9. The van der Waals surface area contributed by atoms with Crippen LogP contribution in [0.25, 0.3) is 0 Å². The first-order valence-electron chi connectivity index (χ1n) is 14.7. The van der Waals surface area contributed by atoms with Crippen molar-refractivity contribution in [3.8, 4) is 11.5 Å². The fourth-order valence-electron chi connectivity index (χ4n) is 5.99. The molecule has 42 heavy (non-hydrogen) atoms. The van der Waals surface area contributed by atoms with E-state index in [0.717, 1.165) is 19.3 Å². The van der Waals surface area contributed by atoms with E-state index < -0.39 is 34.3 Å². The van der Waals surface area contributed by atoms with Gasteiger partial charge >= 0.3 is 6.09 Å². The van der Waals surface area contributed by atoms with Crippen molar-refractivity contribution >= 4 is 29.9 Å². The summed E-state index contributed by atoms with van der Waals surface area (Å²) < 4.78 is 57.3. The molecule has 4 aliphatic rings. The van der Waals surface area contributed by atoms with Crippen LogP contribution in [0.3, 0.4) is 0 Å². The van der Waals surface area contributed by atoms with E-state index in [0.29, 0.717) is 44.8 Å². The number of hydrogen-bond acceptors (Lipinski definition) is 10. The third kappa shape index (κ3) is 6.80. The Morgan fingerprint density at radius 3 is 2.86 bits per heavy atom. The molecular weight excluding hydrogens is 569 g/mol. The Hall–Kier alpha value is -2.59. The standard InChI is InChI=1S/C27H40BN3O10S/c1-37-18-6-7-23-21(13-18)38-11-4-2-3-10-31-17(5-8-24(31)33)14-30(42(23,35)36)15-20(32)25(28)29-27(34)41-22-16-40-26-19(22)9-12-39-26/h6-7,13,17,19-20,22,25-26,32H,2-5,8-12,14-16,28H2,1H3,(H,29,34)/t17-,19-,20+,22-,25+,26+/m0/s1. The highest BCUT2D eigenvalue weighted by atomic mass is 32.2. The lowest BCUT2D eigenvalue weighted by Crippen LogP contribution is -2.52. The first-order chi connectivity index (χ1) is 20.2. The molecule has 6 atom stereocenters. The summed E-state index contributed by atoms with van der Waals surface area (Å²) in [5.74, 6) is -0.270. The molecule has 0 saturated carbocycles. The van der Waals surface area contributed by atoms with Crippen molar-refractivity contribution in [3.63, 3.8) is 0 Å². The van der Waals surface area contributed by atoms with Crippen molar-refractivity contribution in [3.05, 3.63) is 18.2 Å². The normalized spacial score (nSPS) is 29.5. The fourth-order valence-corrected chi connectivity index (χ4v) is 7.60. The Morgan fingerprint density at radius 2 is 2.05 bits per heavy atom. The summed E-state index contributed by atoms with van der Waals surface area (Å²) >= 11 is 0. The van der Waals surface area contributed by atoms with E-state index in [1.807, 2.05) is 0 Å². The highest BCUT2D eigenvalue weighted by molar-refractivity contribution is 7.89. The second-order valence-corrected chi connectivity index (χ2v) is 13.2. The number of sulfonamides is 1. The van der Waals surface area contributed by atoms with Gasteiger partial charge in [0.25, 0.3) is 0 Å². The molecule has 1 aromatic carbocycles. The first kappa shape index (κ1) is 30.9. The molecule has 0 bridgehead atoms. The minimum absolute atomic E-state index is 0.00210. The molecule has 0 spiro atoms. The first-order valence-corrected chi connectivity index (χ1v) is 16.1. The third-order valence-electron chi connectivity index (χ3n) is 8.49. The van der Waals surface area contributed by atoms with E-state index in [9.17, 15) is 23.1 Å². The van der Waals surface area contributed by atoms with Gasteiger partial charge in [-0.15, -0.1) is 0 Å². The van der Waals surface area contributed by atoms with Crippen LogP contribution in [0.4, 0.5) is 4.79 Å². The number of alkyl carbamates (subject to hydrolysis) is 1. The second-order valence-electron chi connectivity index (χ2n) is 11.3. The molecule has 1 aromatic rings. The summed E-state index contributed by atoms with van der Waals surface area (Å²) in [6.07, 6.45) is 1.05. The number of carbonyl (C=O) groups excluding carboxylic acids is 2. The monoisotopic (exact) mass is 609 g/mol. The summed E-state index contributed by atoms with van der Waals surface area (Å²) in [4.78, 5) is 27.1. The minimum Gasteiger partial charge on any atom is -0.497 e. The van der Waals surface area contributed by atoms with Gasteiger partial charge in [0.2, 0.25) is 15.9 Å². The number of carbonyl (C=O) groups is 2. The lowest BCUT2D eigenvalue weighted by molar-refractivity contribution is -0.129. The van der Waals surface area contributed by atoms with E-state index in [1.165, 1.54) is 17.5 Å². The van der Waals surface area contributed by atoms with Crippen LogP contribution >= 0.6 is 0 Å². The molecule has 232 valence electrons. The van der Waals surface area contributed by atoms with Crippen LogP contribution in [0.2, 0.25) is 0 Å². The second kappa shape index (κ2) is 13.4. The molecule has 0 aromatic heterocycles. The van der Waals surface area contributed by atoms with Crippen LogP contribution < -0.4 is 14.8 Å². The topological polar surface area (TPSA) is 153 Å². The molecule has 4 aliphatic heterocycles. The zero-order valence-electron chi connectivity index (χ0n) is 24.1. The van der Waals surface area contributed by atoms with Gasteiger partial charge < -0.3 is 39.0 Å². The van der Waals surface area contributed by atoms with Gasteiger partial charge in [-0.3, -0.25) is 4.79 Å². The number of nitrogens with one attached hydrogen (secondary N) is 1. The molecule has 15 heteroatoms. The van der Waals surface area contributed by atoms with Crippen molar-refractivity contribution in [2.45, 2.75) is 73.9 Å². The highest BCUT2D eigenvalue weighted by Crippen LogP contribution is 2.34. The summed E-state index contributed by atoms with van der Waals surface area (Å²) in [5.41, 5.74) is 0. The molecule has 0 aliphatic carbocycles. The molecular formula is C27H40BN3O10S. The number of rotatable bonds is 6. The van der Waals surface area contributed by atoms with Crippen LogP contribution in [-0.2, 0) is 29.0 Å². The predicted molar refractivity (Wildman–Crippen MR) is 151 cm³/mol. The maximum absolute atomic E-state index is 14.2. The summed E-state index contributed by atoms with van der Waals surface area (Å²) in [6, 6.07) is 4.19. The van der Waals surface area contributed by atoms with Crippen molar-refractivity contribution in [1.82, 2.24) is 14.5 Å². The molecule has 0 radical (unpaired) electrons. The number of hydrogen-bond donors (Lipinski definition) is 2. The van der Waals surface area contributed by atoms with E-state index in [2.05, 4.69) is 5.32 Å². The number of amides is 2. The van der Waals surface area contributed by atoms with Gasteiger partial charge in [-0.1, -0.05) is 0 Å². The maximum atomic E-state index is 14.2. The van der Waals surface area contributed by atoms with Gasteiger partial charge in [0.05, 0.1) is 39.0 Å². The number of aliphatic hydroxyl groups is 1. The molecule has 0 unspecified atom stereocenters. The van der Waals surface area contributed by atoms with Gasteiger partial charge in [-0.05, 0) is 44.2 Å². The molecule has 3 saturated heterocycles. The number of aliphatic hydroxyl groups excluding tert-OH is 1. The average Bonchev–Trinajstić information content (AvgIpc) is 3.67. The van der Waals surface area contributed by atoms with Crippen molar-refractivity contribution in [2.24, 2.45) is 5.92 Å². The summed E-state index contributed by atoms with van der Waals surface area (Å²) in [7, 11) is -1.14. The molecule has 2 N–H and O–H groups in total. The maximum Gasteiger partial charge on any atom is 0.407 e. The van der Waals surface area contributed by atoms with E-state index in [-0.39, 0.29) is 54.5 Å². The van der Waals surface area contributed by atoms with Gasteiger partial charge in [0.15, 0.2) is 6.29 Å². The van der Waals surface area contributed by atoms with Crippen LogP contribution in [0.1, 0.15) is 38.5 Å². The summed E-state index contributed by atoms with van der Waals surface area (Å²) in [6.45, 7) is 1.28. The zero-order valence-corrected chi connectivity index (χ0v) is 24.9. The third-order valence-corrected chi connectivity index (χ3v) is 10.4. The van der Waals surface area contributed by atoms with Crippen molar-refractivity contribution in [2.75, 3.05) is 46.6 Å². The van der Waals surface area contributed by atoms with Gasteiger partial charge in [-0.2, -0.15) is 4.31 Å². The Morgan fingerprint density at radius 1 is 1.21 bits per heavy atom. The van der Waals surface area contributed by atoms with Gasteiger partial charge in [0, 0.05) is 44.1 Å². The lowest BCUT2D eigenvalue weighted by atomic mass is 9.91. The molecule has 3 fully saturated rings. The number of nitrogens with zero attached hydrogens (tertiary/aromatic N) is 2. The van der Waals surface area contributed by atoms with Gasteiger partial charge in [-0.25, -0.2) is 13.2 Å². The largest absolute Gasteiger partial charge is 0.497 e. The Bertz CT molecular complexity index is 1240. The summed E-state index contributed by atoms with van der Waals surface area (Å²) in [5, 5.41) is 13.8. The molecule has 5 rings (SSSR count). The van der Waals surface area contributed by atoms with E-state index in [1.54, 1.807) is 24.9 Å². The van der Waals surface area contributed by atoms with Crippen LogP contribution in [-0.4, -0.2) is 120 Å². The Labute approximate surface area is 247 Å². The number of β-amino-alcohol motifs (C(OH)–C–C–N with tert-alkyl or cyclic N) is 1. The van der Waals surface area contributed by atoms with Crippen LogP contribution in [0, 0.1) is 5.92 Å². The minimum atomic E-state index is -4.21. The van der Waals surface area contributed by atoms with E-state index in [4.69, 9.17) is 23.7 Å². The van der Waals surface area contributed by atoms with Crippen LogP contribution in [0.15, 0.2) is 23.1 Å². The Kier molecular flexibility index (Phi) is 9.83. The Balaban J connectivity index is 1.34. The van der Waals surface area contributed by atoms with Gasteiger partial charge in [0.1, 0.15) is 30.3 Å². The number of benzene rings is 1. The molecule has 4 heterocycles. The van der Waals surface area contributed by atoms with Crippen LogP contribution in [0.5, 0.6) is 11.5 Å². The average molecular weight is 610 g/mol. The smallest absolute Gasteiger partial charge is 0.407 e. The van der Waals surface area contributed by atoms with E-state index >= 15 is 0 Å². The quantitative estimate of drug-likeness (QED) is 0.423. The number of ether oxygens (including phenoxy) is 5. The SMILES string of the molecule is B[C@H](NC(=O)O[C@H]1CO[C@H]2OCC[C@H]21)[C@H](O)CN1C[C@@H]2CCC(=O)N2CCCCCOc2cc(OC)ccc2S1(=O)=O. The van der Waals surface area contributed by atoms with Crippen molar-refractivity contribution < 1.29 is 46.8 Å². The number of methoxy groups -OCH3 is 1. The number of fused-ring (bicyclic) bond motifs is 3.